The SMILES string of the molecule is [PbH2].[S]=[Sn]=[S]. The van der Waals surface area contributed by atoms with Gasteiger partial charge in [0.2, 0.25) is 0 Å². The summed E-state index contributed by atoms with van der Waals surface area (Å²) < 4.78 is 0. The Morgan fingerprint density at radius 3 is 1.25 bits per heavy atom. The van der Waals surface area contributed by atoms with Crippen molar-refractivity contribution in [3.63, 3.8) is 0 Å². The third-order valence-corrected chi connectivity index (χ3v) is 0. The second-order valence-corrected chi connectivity index (χ2v) is 5.03. The van der Waals surface area contributed by atoms with Crippen molar-refractivity contribution in [1.82, 2.24) is 0 Å². The average molecular weight is 392 g/mol. The van der Waals surface area contributed by atoms with Gasteiger partial charge in [0.15, 0.2) is 0 Å². The van der Waals surface area contributed by atoms with Gasteiger partial charge in [0.1, 0.15) is 0 Å². The fourth-order valence-electron chi connectivity index (χ4n) is 0. The average Bonchev–Trinajstić information content (AvgIpc) is 0.918. The molecule has 0 amide bonds. The zero-order valence-corrected chi connectivity index (χ0v) is 12.0. The molecule has 0 fully saturated rings. The van der Waals surface area contributed by atoms with Gasteiger partial charge in [-0.2, -0.15) is 0 Å². The molecule has 0 aliphatic rings. The van der Waals surface area contributed by atoms with Crippen LogP contribution in [0.25, 0.3) is 0 Å². The summed E-state index contributed by atoms with van der Waals surface area (Å²) in [4.78, 5) is 0. The molecular weight excluding hydrogens is 390 g/mol. The van der Waals surface area contributed by atoms with E-state index in [1.54, 1.807) is 0 Å². The molecule has 0 aliphatic heterocycles. The fourth-order valence-corrected chi connectivity index (χ4v) is 0. The molecule has 0 aromatic heterocycles. The second-order valence-electron chi connectivity index (χ2n) is 0.0833. The van der Waals surface area contributed by atoms with E-state index in [9.17, 15) is 0 Å². The molecule has 4 heavy (non-hydrogen) atoms. The molecule has 0 atom stereocenters. The third kappa shape index (κ3) is 8.90. The van der Waals surface area contributed by atoms with E-state index in [2.05, 4.69) is 18.6 Å². The molecule has 0 unspecified atom stereocenters. The van der Waals surface area contributed by atoms with Crippen LogP contribution in [0.2, 0.25) is 0 Å². The first kappa shape index (κ1) is 9.48. The van der Waals surface area contributed by atoms with Crippen LogP contribution in [0, 0.1) is 0 Å². The molecule has 0 heterocycles. The van der Waals surface area contributed by atoms with E-state index in [1.165, 1.54) is 0 Å². The number of hydrogen-bond donors (Lipinski definition) is 0. The van der Waals surface area contributed by atoms with Gasteiger partial charge >= 0.3 is 63.1 Å². The molecule has 0 rings (SSSR count). The van der Waals surface area contributed by atoms with E-state index in [-0.39, 0.29) is 27.3 Å². The summed E-state index contributed by atoms with van der Waals surface area (Å²) >= 11 is -0.603. The molecule has 0 nitrogen and oxygen atoms in total. The Morgan fingerprint density at radius 1 is 1.25 bits per heavy atom. The Morgan fingerprint density at radius 2 is 1.25 bits per heavy atom. The van der Waals surface area contributed by atoms with Crippen LogP contribution in [0.15, 0.2) is 0 Å². The van der Waals surface area contributed by atoms with Gasteiger partial charge in [0.05, 0.1) is 0 Å². The van der Waals surface area contributed by atoms with Crippen LogP contribution in [-0.4, -0.2) is 44.6 Å². The van der Waals surface area contributed by atoms with Gasteiger partial charge in [-0.05, 0) is 0 Å². The number of hydrogen-bond acceptors (Lipinski definition) is 2. The predicted octanol–water partition coefficient (Wildman–Crippen LogP) is -0.000600. The summed E-state index contributed by atoms with van der Waals surface area (Å²) in [6.07, 6.45) is 0. The van der Waals surface area contributed by atoms with Crippen LogP contribution in [0.4, 0.5) is 0 Å². The van der Waals surface area contributed by atoms with Crippen molar-refractivity contribution in [2.45, 2.75) is 0 Å². The van der Waals surface area contributed by atoms with Crippen LogP contribution in [0.5, 0.6) is 0 Å². The van der Waals surface area contributed by atoms with Gasteiger partial charge in [-0.3, -0.25) is 0 Å². The Bertz CT molecular complexity index is 27.0. The van der Waals surface area contributed by atoms with Crippen molar-refractivity contribution in [2.75, 3.05) is 0 Å². The van der Waals surface area contributed by atoms with Crippen LogP contribution in [-0.2, 0) is 0 Å². The van der Waals surface area contributed by atoms with Gasteiger partial charge < -0.3 is 0 Å². The Balaban J connectivity index is 0. The zero-order chi connectivity index (χ0) is 2.71. The van der Waals surface area contributed by atoms with E-state index in [4.69, 9.17) is 0 Å². The van der Waals surface area contributed by atoms with Gasteiger partial charge in [-0.1, -0.05) is 0 Å². The van der Waals surface area contributed by atoms with Crippen molar-refractivity contribution < 1.29 is 0 Å². The number of rotatable bonds is 0. The summed E-state index contributed by atoms with van der Waals surface area (Å²) in [7, 11) is 8.76. The molecule has 22 valence electrons. The molecule has 0 aromatic carbocycles. The van der Waals surface area contributed by atoms with Crippen molar-refractivity contribution >= 4 is 63.1 Å². The summed E-state index contributed by atoms with van der Waals surface area (Å²) in [5.74, 6) is 0. The molecule has 4 heteroatoms. The fraction of sp³-hybridized carbons (Fsp3) is 0. The van der Waals surface area contributed by atoms with E-state index in [0.29, 0.717) is 0 Å². The molecule has 0 saturated carbocycles. The van der Waals surface area contributed by atoms with Crippen LogP contribution in [0.1, 0.15) is 0 Å². The maximum atomic E-state index is 4.38. The monoisotopic (exact) mass is 394 g/mol. The summed E-state index contributed by atoms with van der Waals surface area (Å²) in [5, 5.41) is 0. The standard InChI is InChI=1S/Pb.2S.Sn.2H. The summed E-state index contributed by atoms with van der Waals surface area (Å²) in [6.45, 7) is 0. The molecule has 0 bridgehead atoms. The van der Waals surface area contributed by atoms with Crippen LogP contribution >= 0.6 is 18.6 Å². The van der Waals surface area contributed by atoms with E-state index < -0.39 is 17.3 Å². The van der Waals surface area contributed by atoms with Gasteiger partial charge in [-0.25, -0.2) is 0 Å². The van der Waals surface area contributed by atoms with Gasteiger partial charge in [0, 0.05) is 0 Å². The maximum absolute atomic E-state index is 4.38. The Hall–Kier alpha value is 2.16. The van der Waals surface area contributed by atoms with E-state index in [1.807, 2.05) is 0 Å². The Labute approximate surface area is 62.1 Å². The zero-order valence-electron chi connectivity index (χ0n) is 2.02. The van der Waals surface area contributed by atoms with Crippen LogP contribution < -0.4 is 0 Å². The van der Waals surface area contributed by atoms with E-state index >= 15 is 0 Å². The minimum absolute atomic E-state index is 0. The first-order valence-electron chi connectivity index (χ1n) is 0.408. The molecular formula is H2PbS2Sn. The van der Waals surface area contributed by atoms with Crippen molar-refractivity contribution in [2.24, 2.45) is 0 Å². The quantitative estimate of drug-likeness (QED) is 0.533. The summed E-state index contributed by atoms with van der Waals surface area (Å²) in [6, 6.07) is 0. The Kier molecular flexibility index (Phi) is 21.2. The van der Waals surface area contributed by atoms with Crippen molar-refractivity contribution in [3.8, 4) is 0 Å². The van der Waals surface area contributed by atoms with Crippen LogP contribution in [0.3, 0.4) is 0 Å². The molecule has 0 saturated heterocycles. The minimum atomic E-state index is -0.603. The van der Waals surface area contributed by atoms with Crippen molar-refractivity contribution in [3.05, 3.63) is 0 Å². The van der Waals surface area contributed by atoms with E-state index in [0.717, 1.165) is 0 Å². The topological polar surface area (TPSA) is 0 Å². The third-order valence-electron chi connectivity index (χ3n) is 0. The normalized spacial score (nSPS) is 2.00. The second kappa shape index (κ2) is 8.94. The molecule has 0 spiro atoms. The molecule has 0 aromatic rings. The summed E-state index contributed by atoms with van der Waals surface area (Å²) in [5.41, 5.74) is 0. The molecule has 2 radical (unpaired) electrons. The predicted molar refractivity (Wildman–Crippen MR) is 29.5 cm³/mol. The first-order valence-corrected chi connectivity index (χ1v) is 8.22. The first-order chi connectivity index (χ1) is 1.41. The van der Waals surface area contributed by atoms with Crippen molar-refractivity contribution in [1.29, 1.82) is 0 Å². The van der Waals surface area contributed by atoms with Gasteiger partial charge in [0.25, 0.3) is 0 Å². The molecule has 0 N–H and O–H groups in total. The van der Waals surface area contributed by atoms with Gasteiger partial charge in [-0.15, -0.1) is 0 Å². The molecule has 0 aliphatic carbocycles.